The molecule has 0 aromatic rings. The van der Waals surface area contributed by atoms with Gasteiger partial charge in [0.05, 0.1) is 4.76 Å². The van der Waals surface area contributed by atoms with Gasteiger partial charge in [-0.05, 0) is 0 Å². The highest BCUT2D eigenvalue weighted by atomic mass is 16.4. The van der Waals surface area contributed by atoms with Crippen LogP contribution in [0.4, 0.5) is 0 Å². The maximum absolute atomic E-state index is 10.3. The zero-order valence-corrected chi connectivity index (χ0v) is 4.19. The summed E-state index contributed by atoms with van der Waals surface area (Å²) < 4.78 is 0.472. The Kier molecular flexibility index (Phi) is 1.22. The Morgan fingerprint density at radius 1 is 1.50 bits per heavy atom. The minimum atomic E-state index is -0.986. The van der Waals surface area contributed by atoms with Gasteiger partial charge in [-0.15, -0.1) is 0 Å². The van der Waals surface area contributed by atoms with E-state index in [0.717, 1.165) is 0 Å². The quantitative estimate of drug-likeness (QED) is 0.454. The molecule has 0 amide bonds. The van der Waals surface area contributed by atoms with Crippen LogP contribution in [-0.2, 0) is 0 Å². The van der Waals surface area contributed by atoms with Gasteiger partial charge in [0, 0.05) is 17.1 Å². The van der Waals surface area contributed by atoms with Crippen molar-refractivity contribution in [3.63, 3.8) is 0 Å². The monoisotopic (exact) mass is 112 g/mol. The van der Waals surface area contributed by atoms with Crippen LogP contribution >= 0.6 is 0 Å². The van der Waals surface area contributed by atoms with E-state index in [2.05, 4.69) is 0 Å². The van der Waals surface area contributed by atoms with E-state index in [1.807, 2.05) is 0 Å². The van der Waals surface area contributed by atoms with E-state index in [4.69, 9.17) is 5.11 Å². The second kappa shape index (κ2) is 1.88. The SMILES string of the molecule is O=[N+]1C=CC=CC1O. The molecule has 0 fully saturated rings. The fourth-order valence-electron chi connectivity index (χ4n) is 0.471. The molecule has 1 aliphatic heterocycles. The summed E-state index contributed by atoms with van der Waals surface area (Å²) >= 11 is 0. The van der Waals surface area contributed by atoms with Crippen LogP contribution in [-0.4, -0.2) is 16.1 Å². The minimum Gasteiger partial charge on any atom is -0.330 e. The molecule has 0 aliphatic carbocycles. The average molecular weight is 112 g/mol. The summed E-state index contributed by atoms with van der Waals surface area (Å²) in [6.07, 6.45) is 4.89. The molecule has 42 valence electrons. The molecular weight excluding hydrogens is 106 g/mol. The number of aliphatic hydroxyl groups excluding tert-OH is 1. The van der Waals surface area contributed by atoms with Crippen molar-refractivity contribution in [1.82, 2.24) is 0 Å². The van der Waals surface area contributed by atoms with Gasteiger partial charge in [-0.25, -0.2) is 0 Å². The lowest BCUT2D eigenvalue weighted by Crippen LogP contribution is -2.17. The van der Waals surface area contributed by atoms with Crippen LogP contribution in [0.3, 0.4) is 0 Å². The topological polar surface area (TPSA) is 40.3 Å². The van der Waals surface area contributed by atoms with E-state index in [9.17, 15) is 4.91 Å². The van der Waals surface area contributed by atoms with Crippen LogP contribution in [0, 0.1) is 4.91 Å². The van der Waals surface area contributed by atoms with Gasteiger partial charge in [0.25, 0.3) is 0 Å². The summed E-state index contributed by atoms with van der Waals surface area (Å²) in [7, 11) is 0. The second-order valence-electron chi connectivity index (χ2n) is 1.50. The van der Waals surface area contributed by atoms with Gasteiger partial charge in [0.15, 0.2) is 0 Å². The summed E-state index contributed by atoms with van der Waals surface area (Å²) in [5, 5.41) is 8.65. The molecule has 3 nitrogen and oxygen atoms in total. The summed E-state index contributed by atoms with van der Waals surface area (Å²) in [5.41, 5.74) is 0. The Labute approximate surface area is 46.5 Å². The number of hydrogen-bond acceptors (Lipinski definition) is 2. The molecule has 1 aliphatic rings. The van der Waals surface area contributed by atoms with Crippen molar-refractivity contribution in [2.24, 2.45) is 0 Å². The van der Waals surface area contributed by atoms with Crippen molar-refractivity contribution in [3.05, 3.63) is 29.3 Å². The fraction of sp³-hybridized carbons (Fsp3) is 0.200. The smallest absolute Gasteiger partial charge is 0.328 e. The largest absolute Gasteiger partial charge is 0.330 e. The number of allylic oxidation sites excluding steroid dienone is 2. The highest BCUT2D eigenvalue weighted by molar-refractivity contribution is 5.03. The standard InChI is InChI=1S/C5H6NO2/c7-5-3-1-2-4-6(5)8/h1-5,7H/q+1. The molecule has 0 aromatic carbocycles. The Balaban J connectivity index is 2.74. The van der Waals surface area contributed by atoms with Gasteiger partial charge in [-0.3, -0.25) is 0 Å². The number of hydrogen-bond donors (Lipinski definition) is 1. The van der Waals surface area contributed by atoms with E-state index < -0.39 is 6.23 Å². The Morgan fingerprint density at radius 2 is 2.25 bits per heavy atom. The normalized spacial score (nSPS) is 26.6. The van der Waals surface area contributed by atoms with Gasteiger partial charge in [0.2, 0.25) is 6.20 Å². The maximum atomic E-state index is 10.3. The third-order valence-corrected chi connectivity index (χ3v) is 0.888. The molecule has 0 radical (unpaired) electrons. The highest BCUT2D eigenvalue weighted by Gasteiger charge is 2.16. The van der Waals surface area contributed by atoms with Crippen molar-refractivity contribution < 1.29 is 9.87 Å². The first-order chi connectivity index (χ1) is 3.80. The van der Waals surface area contributed by atoms with E-state index in [1.165, 1.54) is 12.3 Å². The van der Waals surface area contributed by atoms with Crippen LogP contribution in [0.15, 0.2) is 24.4 Å². The van der Waals surface area contributed by atoms with Gasteiger partial charge in [-0.1, -0.05) is 6.08 Å². The molecule has 1 rings (SSSR count). The third kappa shape index (κ3) is 0.816. The number of nitroso groups, excluding NO2 is 1. The zero-order chi connectivity index (χ0) is 5.98. The van der Waals surface area contributed by atoms with Gasteiger partial charge >= 0.3 is 6.23 Å². The first-order valence-electron chi connectivity index (χ1n) is 2.29. The van der Waals surface area contributed by atoms with Gasteiger partial charge < -0.3 is 5.11 Å². The van der Waals surface area contributed by atoms with Gasteiger partial charge in [0.1, 0.15) is 0 Å². The molecule has 0 aromatic heterocycles. The zero-order valence-electron chi connectivity index (χ0n) is 4.19. The van der Waals surface area contributed by atoms with Crippen molar-refractivity contribution in [3.8, 4) is 0 Å². The van der Waals surface area contributed by atoms with E-state index in [1.54, 1.807) is 12.2 Å². The summed E-state index contributed by atoms with van der Waals surface area (Å²) in [6.45, 7) is 0. The molecule has 8 heavy (non-hydrogen) atoms. The molecule has 0 saturated heterocycles. The number of rotatable bonds is 0. The van der Waals surface area contributed by atoms with E-state index >= 15 is 0 Å². The minimum absolute atomic E-state index is 0.472. The molecule has 1 N–H and O–H groups in total. The van der Waals surface area contributed by atoms with E-state index in [-0.39, 0.29) is 0 Å². The van der Waals surface area contributed by atoms with Crippen LogP contribution in [0.5, 0.6) is 0 Å². The fourth-order valence-corrected chi connectivity index (χ4v) is 0.471. The lowest BCUT2D eigenvalue weighted by molar-refractivity contribution is -0.555. The van der Waals surface area contributed by atoms with Crippen molar-refractivity contribution in [1.29, 1.82) is 0 Å². The maximum Gasteiger partial charge on any atom is 0.328 e. The van der Waals surface area contributed by atoms with Crippen molar-refractivity contribution in [2.75, 3.05) is 0 Å². The van der Waals surface area contributed by atoms with E-state index in [0.29, 0.717) is 4.76 Å². The van der Waals surface area contributed by atoms with Crippen LogP contribution in [0.1, 0.15) is 0 Å². The lowest BCUT2D eigenvalue weighted by atomic mass is 10.4. The molecular formula is C5H6NO2+. The first kappa shape index (κ1) is 5.18. The van der Waals surface area contributed by atoms with Crippen molar-refractivity contribution in [2.45, 2.75) is 6.23 Å². The van der Waals surface area contributed by atoms with Crippen LogP contribution < -0.4 is 0 Å². The molecule has 1 unspecified atom stereocenters. The highest BCUT2D eigenvalue weighted by Crippen LogP contribution is 1.95. The molecule has 1 heterocycles. The molecule has 0 saturated carbocycles. The summed E-state index contributed by atoms with van der Waals surface area (Å²) in [5.74, 6) is 0. The Bertz CT molecular complexity index is 160. The van der Waals surface area contributed by atoms with Crippen LogP contribution in [0.25, 0.3) is 0 Å². The predicted octanol–water partition coefficient (Wildman–Crippen LogP) is 0.167. The van der Waals surface area contributed by atoms with Gasteiger partial charge in [-0.2, -0.15) is 0 Å². The third-order valence-electron chi connectivity index (χ3n) is 0.888. The summed E-state index contributed by atoms with van der Waals surface area (Å²) in [4.78, 5) is 10.3. The Morgan fingerprint density at radius 3 is 2.62 bits per heavy atom. The first-order valence-corrected chi connectivity index (χ1v) is 2.29. The molecule has 1 atom stereocenters. The number of nitrogens with zero attached hydrogens (tertiary/aromatic N) is 1. The molecule has 3 heteroatoms. The van der Waals surface area contributed by atoms with Crippen LogP contribution in [0.2, 0.25) is 0 Å². The Hall–Kier alpha value is -0.960. The predicted molar refractivity (Wildman–Crippen MR) is 27.9 cm³/mol. The summed E-state index contributed by atoms with van der Waals surface area (Å²) in [6, 6.07) is 0. The molecule has 0 bridgehead atoms. The number of aliphatic hydroxyl groups is 1. The second-order valence-corrected chi connectivity index (χ2v) is 1.50. The lowest BCUT2D eigenvalue weighted by Gasteiger charge is -1.92. The average Bonchev–Trinajstić information content (AvgIpc) is 1.77. The van der Waals surface area contributed by atoms with Crippen molar-refractivity contribution >= 4 is 0 Å². The molecule has 0 spiro atoms.